The summed E-state index contributed by atoms with van der Waals surface area (Å²) in [6, 6.07) is 13.5. The lowest BCUT2D eigenvalue weighted by Crippen LogP contribution is -2.15. The van der Waals surface area contributed by atoms with Crippen molar-refractivity contribution in [3.63, 3.8) is 0 Å². The van der Waals surface area contributed by atoms with Crippen LogP contribution >= 0.6 is 11.8 Å². The molecule has 3 aromatic rings. The van der Waals surface area contributed by atoms with Crippen molar-refractivity contribution in [3.05, 3.63) is 65.7 Å². The Hall–Kier alpha value is -2.87. The molecule has 28 heavy (non-hydrogen) atoms. The monoisotopic (exact) mass is 400 g/mol. The molecular formula is C20H21FN4O2S. The second-order valence-corrected chi connectivity index (χ2v) is 6.99. The first-order chi connectivity index (χ1) is 13.6. The maximum absolute atomic E-state index is 12.9. The third-order valence-electron chi connectivity index (χ3n) is 4.11. The van der Waals surface area contributed by atoms with Crippen molar-refractivity contribution in [1.82, 2.24) is 14.8 Å². The van der Waals surface area contributed by atoms with Crippen LogP contribution in [-0.2, 0) is 24.9 Å². The molecule has 1 amide bonds. The number of carbonyl (C=O) groups is 1. The van der Waals surface area contributed by atoms with E-state index >= 15 is 0 Å². The number of ether oxygens (including phenoxy) is 1. The third-order valence-corrected chi connectivity index (χ3v) is 5.13. The van der Waals surface area contributed by atoms with Gasteiger partial charge in [-0.15, -0.1) is 10.2 Å². The molecule has 8 heteroatoms. The highest BCUT2D eigenvalue weighted by Gasteiger charge is 2.13. The summed E-state index contributed by atoms with van der Waals surface area (Å²) in [5, 5.41) is 11.8. The number of nitrogens with one attached hydrogen (secondary N) is 1. The van der Waals surface area contributed by atoms with Crippen LogP contribution in [0.2, 0.25) is 0 Å². The molecule has 0 radical (unpaired) electrons. The molecule has 6 nitrogen and oxygen atoms in total. The van der Waals surface area contributed by atoms with Crippen molar-refractivity contribution >= 4 is 23.4 Å². The third kappa shape index (κ3) is 5.10. The van der Waals surface area contributed by atoms with Gasteiger partial charge in [0.05, 0.1) is 5.75 Å². The molecule has 0 spiro atoms. The molecule has 1 heterocycles. The van der Waals surface area contributed by atoms with Gasteiger partial charge in [-0.2, -0.15) is 0 Å². The molecule has 146 valence electrons. The van der Waals surface area contributed by atoms with E-state index < -0.39 is 0 Å². The molecule has 2 aromatic carbocycles. The van der Waals surface area contributed by atoms with Crippen molar-refractivity contribution in [2.24, 2.45) is 7.05 Å². The summed E-state index contributed by atoms with van der Waals surface area (Å²) in [5.74, 6) is 0.974. The number of benzene rings is 2. The predicted molar refractivity (Wildman–Crippen MR) is 107 cm³/mol. The number of rotatable bonds is 8. The number of aromatic nitrogens is 3. The van der Waals surface area contributed by atoms with E-state index in [4.69, 9.17) is 4.74 Å². The van der Waals surface area contributed by atoms with E-state index in [1.54, 1.807) is 16.7 Å². The van der Waals surface area contributed by atoms with Crippen LogP contribution in [0.1, 0.15) is 18.3 Å². The molecule has 0 aliphatic heterocycles. The number of hydrogen-bond acceptors (Lipinski definition) is 5. The van der Waals surface area contributed by atoms with Crippen LogP contribution < -0.4 is 10.1 Å². The molecule has 3 rings (SSSR count). The number of thioether (sulfide) groups is 1. The SMILES string of the molecule is CCc1ccccc1NC(=O)CSc1nnc(COc2ccc(F)cc2)n1C. The zero-order valence-electron chi connectivity index (χ0n) is 15.7. The number of amides is 1. The Morgan fingerprint density at radius 1 is 1.18 bits per heavy atom. The molecule has 0 aliphatic rings. The van der Waals surface area contributed by atoms with E-state index in [-0.39, 0.29) is 24.1 Å². The van der Waals surface area contributed by atoms with Crippen molar-refractivity contribution < 1.29 is 13.9 Å². The molecule has 0 atom stereocenters. The van der Waals surface area contributed by atoms with E-state index in [1.807, 2.05) is 31.3 Å². The minimum absolute atomic E-state index is 0.0991. The van der Waals surface area contributed by atoms with Crippen molar-refractivity contribution in [2.45, 2.75) is 25.1 Å². The second kappa shape index (κ2) is 9.36. The molecule has 0 unspecified atom stereocenters. The highest BCUT2D eigenvalue weighted by molar-refractivity contribution is 7.99. The smallest absolute Gasteiger partial charge is 0.234 e. The molecule has 1 N–H and O–H groups in total. The van der Waals surface area contributed by atoms with Gasteiger partial charge >= 0.3 is 0 Å². The van der Waals surface area contributed by atoms with E-state index in [0.29, 0.717) is 16.7 Å². The topological polar surface area (TPSA) is 69.0 Å². The molecule has 1 aromatic heterocycles. The molecule has 0 saturated carbocycles. The Kier molecular flexibility index (Phi) is 6.65. The van der Waals surface area contributed by atoms with Gasteiger partial charge in [0, 0.05) is 12.7 Å². The summed E-state index contributed by atoms with van der Waals surface area (Å²) in [5.41, 5.74) is 1.93. The minimum Gasteiger partial charge on any atom is -0.486 e. The van der Waals surface area contributed by atoms with Crippen LogP contribution in [0.3, 0.4) is 0 Å². The predicted octanol–water partition coefficient (Wildman–Crippen LogP) is 3.83. The zero-order chi connectivity index (χ0) is 19.9. The molecule has 0 aliphatic carbocycles. The first-order valence-corrected chi connectivity index (χ1v) is 9.82. The van der Waals surface area contributed by atoms with Crippen molar-refractivity contribution in [3.8, 4) is 5.75 Å². The Labute approximate surface area is 167 Å². The largest absolute Gasteiger partial charge is 0.486 e. The van der Waals surface area contributed by atoms with Gasteiger partial charge in [0.15, 0.2) is 11.0 Å². The van der Waals surface area contributed by atoms with Gasteiger partial charge in [0.1, 0.15) is 18.2 Å². The quantitative estimate of drug-likeness (QED) is 0.582. The Bertz CT molecular complexity index is 944. The maximum Gasteiger partial charge on any atom is 0.234 e. The van der Waals surface area contributed by atoms with Gasteiger partial charge in [0.2, 0.25) is 5.91 Å². The fraction of sp³-hybridized carbons (Fsp3) is 0.250. The summed E-state index contributed by atoms with van der Waals surface area (Å²) in [7, 11) is 1.82. The van der Waals surface area contributed by atoms with E-state index in [1.165, 1.54) is 23.9 Å². The second-order valence-electron chi connectivity index (χ2n) is 6.05. The highest BCUT2D eigenvalue weighted by Crippen LogP contribution is 2.19. The first kappa shape index (κ1) is 19.9. The number of nitrogens with zero attached hydrogens (tertiary/aromatic N) is 3. The number of carbonyl (C=O) groups excluding carboxylic acids is 1. The van der Waals surface area contributed by atoms with Gasteiger partial charge in [0.25, 0.3) is 0 Å². The van der Waals surface area contributed by atoms with Crippen LogP contribution in [0.5, 0.6) is 5.75 Å². The minimum atomic E-state index is -0.315. The van der Waals surface area contributed by atoms with E-state index in [0.717, 1.165) is 17.7 Å². The van der Waals surface area contributed by atoms with E-state index in [9.17, 15) is 9.18 Å². The Balaban J connectivity index is 1.53. The number of anilines is 1. The lowest BCUT2D eigenvalue weighted by molar-refractivity contribution is -0.113. The van der Waals surface area contributed by atoms with Crippen LogP contribution in [0.15, 0.2) is 53.7 Å². The van der Waals surface area contributed by atoms with Crippen LogP contribution in [-0.4, -0.2) is 26.4 Å². The average Bonchev–Trinajstić information content (AvgIpc) is 3.06. The van der Waals surface area contributed by atoms with Gasteiger partial charge in [-0.1, -0.05) is 36.9 Å². The van der Waals surface area contributed by atoms with Gasteiger partial charge in [-0.3, -0.25) is 4.79 Å². The number of aryl methyl sites for hydroxylation is 1. The summed E-state index contributed by atoms with van der Waals surface area (Å²) in [6.07, 6.45) is 0.851. The fourth-order valence-electron chi connectivity index (χ4n) is 2.54. The summed E-state index contributed by atoms with van der Waals surface area (Å²) in [4.78, 5) is 12.3. The number of hydrogen-bond donors (Lipinski definition) is 1. The number of para-hydroxylation sites is 1. The summed E-state index contributed by atoms with van der Waals surface area (Å²) in [6.45, 7) is 2.25. The van der Waals surface area contributed by atoms with Gasteiger partial charge in [-0.25, -0.2) is 4.39 Å². The van der Waals surface area contributed by atoms with Crippen LogP contribution in [0, 0.1) is 5.82 Å². The standard InChI is InChI=1S/C20H21FN4O2S/c1-3-14-6-4-5-7-17(14)22-19(26)13-28-20-24-23-18(25(20)2)12-27-16-10-8-15(21)9-11-16/h4-11H,3,12-13H2,1-2H3,(H,22,26). The normalized spacial score (nSPS) is 10.7. The molecule has 0 saturated heterocycles. The average molecular weight is 400 g/mol. The summed E-state index contributed by atoms with van der Waals surface area (Å²) < 4.78 is 20.3. The highest BCUT2D eigenvalue weighted by atomic mass is 32.2. The fourth-order valence-corrected chi connectivity index (χ4v) is 3.27. The lowest BCUT2D eigenvalue weighted by atomic mass is 10.1. The van der Waals surface area contributed by atoms with Crippen molar-refractivity contribution in [2.75, 3.05) is 11.1 Å². The summed E-state index contributed by atoms with van der Waals surface area (Å²) >= 11 is 1.30. The van der Waals surface area contributed by atoms with Crippen LogP contribution in [0.4, 0.5) is 10.1 Å². The Morgan fingerprint density at radius 3 is 2.68 bits per heavy atom. The maximum atomic E-state index is 12.9. The molecule has 0 fully saturated rings. The van der Waals surface area contributed by atoms with E-state index in [2.05, 4.69) is 22.4 Å². The first-order valence-electron chi connectivity index (χ1n) is 8.84. The van der Waals surface area contributed by atoms with Crippen LogP contribution in [0.25, 0.3) is 0 Å². The van der Waals surface area contributed by atoms with Crippen molar-refractivity contribution in [1.29, 1.82) is 0 Å². The number of halogens is 1. The molecule has 0 bridgehead atoms. The molecular weight excluding hydrogens is 379 g/mol. The lowest BCUT2D eigenvalue weighted by Gasteiger charge is -2.09. The Morgan fingerprint density at radius 2 is 1.93 bits per heavy atom. The zero-order valence-corrected chi connectivity index (χ0v) is 16.5. The van der Waals surface area contributed by atoms with Gasteiger partial charge in [-0.05, 0) is 42.3 Å². The van der Waals surface area contributed by atoms with Gasteiger partial charge < -0.3 is 14.6 Å².